The van der Waals surface area contributed by atoms with Gasteiger partial charge in [-0.3, -0.25) is 4.79 Å². The molecule has 0 atom stereocenters. The number of aryl methyl sites for hydroxylation is 1. The van der Waals surface area contributed by atoms with Crippen LogP contribution in [0.3, 0.4) is 0 Å². The van der Waals surface area contributed by atoms with Crippen LogP contribution >= 0.6 is 23.2 Å². The van der Waals surface area contributed by atoms with Crippen molar-refractivity contribution in [2.24, 2.45) is 0 Å². The largest absolute Gasteiger partial charge is 0.356 e. The zero-order chi connectivity index (χ0) is 17.5. The minimum atomic E-state index is -0.00301. The molecule has 130 valence electrons. The van der Waals surface area contributed by atoms with E-state index in [4.69, 9.17) is 27.7 Å². The number of nitrogens with zero attached hydrogens (tertiary/aromatic N) is 2. The van der Waals surface area contributed by atoms with Crippen molar-refractivity contribution in [3.05, 3.63) is 45.5 Å². The molecule has 2 aromatic rings. The summed E-state index contributed by atoms with van der Waals surface area (Å²) in [5, 5.41) is 7.86. The maximum absolute atomic E-state index is 11.9. The van der Waals surface area contributed by atoms with Gasteiger partial charge in [0.25, 0.3) is 0 Å². The molecule has 0 aliphatic carbocycles. The van der Waals surface area contributed by atoms with E-state index in [1.54, 1.807) is 6.07 Å². The number of hydrogen-bond donors (Lipinski definition) is 1. The van der Waals surface area contributed by atoms with Crippen LogP contribution in [0.4, 0.5) is 0 Å². The van der Waals surface area contributed by atoms with E-state index < -0.39 is 0 Å². The van der Waals surface area contributed by atoms with Crippen molar-refractivity contribution in [1.29, 1.82) is 0 Å². The van der Waals surface area contributed by atoms with Gasteiger partial charge in [0, 0.05) is 25.3 Å². The third-order valence-corrected chi connectivity index (χ3v) is 4.40. The van der Waals surface area contributed by atoms with Crippen molar-refractivity contribution in [2.75, 3.05) is 6.54 Å². The van der Waals surface area contributed by atoms with Crippen LogP contribution in [-0.2, 0) is 17.6 Å². The molecule has 2 rings (SSSR count). The number of benzene rings is 1. The first-order chi connectivity index (χ1) is 11.5. The number of rotatable bonds is 8. The highest BCUT2D eigenvalue weighted by molar-refractivity contribution is 6.42. The number of carbonyl (C=O) groups is 1. The van der Waals surface area contributed by atoms with E-state index >= 15 is 0 Å². The number of nitrogens with one attached hydrogen (secondary N) is 1. The van der Waals surface area contributed by atoms with Crippen molar-refractivity contribution in [3.63, 3.8) is 0 Å². The average Bonchev–Trinajstić information content (AvgIpc) is 3.01. The summed E-state index contributed by atoms with van der Waals surface area (Å²) in [5.74, 6) is 1.52. The Hall–Kier alpha value is -1.59. The van der Waals surface area contributed by atoms with Gasteiger partial charge in [0.05, 0.1) is 10.0 Å². The molecule has 0 saturated carbocycles. The lowest BCUT2D eigenvalue weighted by Crippen LogP contribution is -2.25. The minimum absolute atomic E-state index is 0.00301. The maximum atomic E-state index is 11.9. The molecule has 24 heavy (non-hydrogen) atoms. The van der Waals surface area contributed by atoms with Gasteiger partial charge >= 0.3 is 0 Å². The van der Waals surface area contributed by atoms with Crippen LogP contribution in [0.1, 0.15) is 49.9 Å². The lowest BCUT2D eigenvalue weighted by molar-refractivity contribution is -0.121. The van der Waals surface area contributed by atoms with Crippen molar-refractivity contribution >= 4 is 29.1 Å². The molecule has 0 bridgehead atoms. The summed E-state index contributed by atoms with van der Waals surface area (Å²) in [7, 11) is 0. The van der Waals surface area contributed by atoms with Crippen molar-refractivity contribution in [3.8, 4) is 0 Å². The normalized spacial score (nSPS) is 11.0. The zero-order valence-electron chi connectivity index (χ0n) is 13.8. The Morgan fingerprint density at radius 1 is 1.29 bits per heavy atom. The van der Waals surface area contributed by atoms with Gasteiger partial charge in [-0.25, -0.2) is 0 Å². The Labute approximate surface area is 151 Å². The first-order valence-corrected chi connectivity index (χ1v) is 8.75. The number of amides is 1. The Bertz CT molecular complexity index is 686. The van der Waals surface area contributed by atoms with Crippen LogP contribution in [0.5, 0.6) is 0 Å². The minimum Gasteiger partial charge on any atom is -0.356 e. The molecule has 0 aliphatic rings. The lowest BCUT2D eigenvalue weighted by Gasteiger charge is -2.07. The highest BCUT2D eigenvalue weighted by atomic mass is 35.5. The van der Waals surface area contributed by atoms with Gasteiger partial charge in [0.1, 0.15) is 0 Å². The van der Waals surface area contributed by atoms with Gasteiger partial charge in [-0.15, -0.1) is 0 Å². The topological polar surface area (TPSA) is 68.0 Å². The van der Waals surface area contributed by atoms with Crippen LogP contribution in [0.2, 0.25) is 10.0 Å². The molecular formula is C17H21Cl2N3O2. The monoisotopic (exact) mass is 369 g/mol. The predicted octanol–water partition coefficient (Wildman–Crippen LogP) is 4.18. The maximum Gasteiger partial charge on any atom is 0.226 e. The SMILES string of the molecule is CC(C)c1noc(CCCC(=O)NCCc2cccc(Cl)c2Cl)n1. The van der Waals surface area contributed by atoms with E-state index in [-0.39, 0.29) is 11.8 Å². The molecule has 1 amide bonds. The summed E-state index contributed by atoms with van der Waals surface area (Å²) >= 11 is 12.1. The highest BCUT2D eigenvalue weighted by Crippen LogP contribution is 2.25. The van der Waals surface area contributed by atoms with E-state index in [0.717, 1.165) is 5.56 Å². The summed E-state index contributed by atoms with van der Waals surface area (Å²) in [6, 6.07) is 5.50. The van der Waals surface area contributed by atoms with Gasteiger partial charge < -0.3 is 9.84 Å². The third-order valence-electron chi connectivity index (χ3n) is 3.54. The fourth-order valence-electron chi connectivity index (χ4n) is 2.17. The summed E-state index contributed by atoms with van der Waals surface area (Å²) < 4.78 is 5.15. The number of carbonyl (C=O) groups excluding carboxylic acids is 1. The molecule has 0 aliphatic heterocycles. The first kappa shape index (κ1) is 18.7. The van der Waals surface area contributed by atoms with E-state index in [9.17, 15) is 4.79 Å². The summed E-state index contributed by atoms with van der Waals surface area (Å²) in [6.07, 6.45) is 2.34. The van der Waals surface area contributed by atoms with Crippen LogP contribution < -0.4 is 5.32 Å². The van der Waals surface area contributed by atoms with Gasteiger partial charge in [0.15, 0.2) is 5.82 Å². The van der Waals surface area contributed by atoms with Gasteiger partial charge in [0.2, 0.25) is 11.8 Å². The Morgan fingerprint density at radius 2 is 2.08 bits per heavy atom. The highest BCUT2D eigenvalue weighted by Gasteiger charge is 2.10. The summed E-state index contributed by atoms with van der Waals surface area (Å²) in [4.78, 5) is 16.1. The molecule has 0 unspecified atom stereocenters. The Balaban J connectivity index is 1.67. The first-order valence-electron chi connectivity index (χ1n) is 7.99. The number of halogens is 2. The molecule has 0 radical (unpaired) electrons. The Morgan fingerprint density at radius 3 is 2.79 bits per heavy atom. The molecule has 5 nitrogen and oxygen atoms in total. The second-order valence-corrected chi connectivity index (χ2v) is 6.65. The molecule has 1 aromatic heterocycles. The van der Waals surface area contributed by atoms with Crippen molar-refractivity contribution in [2.45, 2.75) is 45.4 Å². The standard InChI is InChI=1S/C17H21Cl2N3O2/c1-11(2)17-21-15(24-22-17)8-4-7-14(23)20-10-9-12-5-3-6-13(18)16(12)19/h3,5-6,11H,4,7-10H2,1-2H3,(H,20,23). The Kier molecular flexibility index (Phi) is 7.06. The smallest absolute Gasteiger partial charge is 0.226 e. The quantitative estimate of drug-likeness (QED) is 0.757. The summed E-state index contributed by atoms with van der Waals surface area (Å²) in [6.45, 7) is 4.54. The van der Waals surface area contributed by atoms with Crippen LogP contribution in [0.15, 0.2) is 22.7 Å². The molecule has 1 aromatic carbocycles. The molecule has 0 fully saturated rings. The fraction of sp³-hybridized carbons (Fsp3) is 0.471. The second kappa shape index (κ2) is 9.04. The molecule has 7 heteroatoms. The van der Waals surface area contributed by atoms with Crippen LogP contribution in [0.25, 0.3) is 0 Å². The predicted molar refractivity (Wildman–Crippen MR) is 94.5 cm³/mol. The van der Waals surface area contributed by atoms with E-state index in [1.165, 1.54) is 0 Å². The van der Waals surface area contributed by atoms with Crippen LogP contribution in [-0.4, -0.2) is 22.6 Å². The molecule has 1 heterocycles. The van der Waals surface area contributed by atoms with E-state index in [0.29, 0.717) is 54.0 Å². The third kappa shape index (κ3) is 5.49. The van der Waals surface area contributed by atoms with Crippen LogP contribution in [0, 0.1) is 0 Å². The van der Waals surface area contributed by atoms with Crippen molar-refractivity contribution < 1.29 is 9.32 Å². The molecule has 1 N–H and O–H groups in total. The average molecular weight is 370 g/mol. The second-order valence-electron chi connectivity index (χ2n) is 5.87. The van der Waals surface area contributed by atoms with E-state index in [1.807, 2.05) is 26.0 Å². The van der Waals surface area contributed by atoms with Gasteiger partial charge in [-0.1, -0.05) is 54.3 Å². The molecular weight excluding hydrogens is 349 g/mol. The number of hydrogen-bond acceptors (Lipinski definition) is 4. The molecule has 0 saturated heterocycles. The van der Waals surface area contributed by atoms with Gasteiger partial charge in [-0.05, 0) is 24.5 Å². The summed E-state index contributed by atoms with van der Waals surface area (Å²) in [5.41, 5.74) is 0.927. The van der Waals surface area contributed by atoms with Crippen molar-refractivity contribution in [1.82, 2.24) is 15.5 Å². The zero-order valence-corrected chi connectivity index (χ0v) is 15.3. The lowest BCUT2D eigenvalue weighted by atomic mass is 10.1. The number of aromatic nitrogens is 2. The molecule has 0 spiro atoms. The fourth-order valence-corrected chi connectivity index (χ4v) is 2.59. The van der Waals surface area contributed by atoms with E-state index in [2.05, 4.69) is 15.5 Å². The van der Waals surface area contributed by atoms with Gasteiger partial charge in [-0.2, -0.15) is 4.98 Å².